The molecular formula is C20H16N4S. The highest BCUT2D eigenvalue weighted by molar-refractivity contribution is 7.14. The fourth-order valence-electron chi connectivity index (χ4n) is 2.46. The van der Waals surface area contributed by atoms with Gasteiger partial charge in [-0.1, -0.05) is 60.2 Å². The van der Waals surface area contributed by atoms with Gasteiger partial charge in [-0.25, -0.2) is 4.98 Å². The Kier molecular flexibility index (Phi) is 4.23. The first-order valence-electron chi connectivity index (χ1n) is 7.97. The number of thiazole rings is 1. The van der Waals surface area contributed by atoms with Crippen LogP contribution in [0.5, 0.6) is 0 Å². The molecule has 0 aliphatic heterocycles. The molecular weight excluding hydrogens is 328 g/mol. The molecule has 0 saturated carbocycles. The first kappa shape index (κ1) is 15.5. The quantitative estimate of drug-likeness (QED) is 0.544. The Labute approximate surface area is 150 Å². The van der Waals surface area contributed by atoms with Crippen LogP contribution in [-0.2, 0) is 0 Å². The van der Waals surface area contributed by atoms with E-state index in [0.717, 1.165) is 27.6 Å². The van der Waals surface area contributed by atoms with Gasteiger partial charge in [-0.15, -0.1) is 21.5 Å². The van der Waals surface area contributed by atoms with E-state index in [1.54, 1.807) is 11.3 Å². The summed E-state index contributed by atoms with van der Waals surface area (Å²) in [6.45, 7) is 2.07. The molecule has 2 heterocycles. The largest absolute Gasteiger partial charge is 0.315 e. The summed E-state index contributed by atoms with van der Waals surface area (Å²) in [7, 11) is 0. The van der Waals surface area contributed by atoms with E-state index < -0.39 is 0 Å². The molecule has 4 aromatic rings. The Bertz CT molecular complexity index is 961. The number of benzene rings is 2. The monoisotopic (exact) mass is 344 g/mol. The van der Waals surface area contributed by atoms with Gasteiger partial charge < -0.3 is 5.32 Å². The normalized spacial score (nSPS) is 10.6. The maximum absolute atomic E-state index is 4.61. The minimum absolute atomic E-state index is 0.685. The van der Waals surface area contributed by atoms with Crippen LogP contribution in [0.15, 0.2) is 72.1 Å². The van der Waals surface area contributed by atoms with Gasteiger partial charge in [0.05, 0.1) is 11.4 Å². The molecule has 4 nitrogen and oxygen atoms in total. The molecule has 0 aliphatic rings. The summed E-state index contributed by atoms with van der Waals surface area (Å²) < 4.78 is 0. The van der Waals surface area contributed by atoms with Crippen molar-refractivity contribution in [1.82, 2.24) is 15.2 Å². The van der Waals surface area contributed by atoms with Crippen LogP contribution in [0.3, 0.4) is 0 Å². The van der Waals surface area contributed by atoms with E-state index in [-0.39, 0.29) is 0 Å². The van der Waals surface area contributed by atoms with Gasteiger partial charge in [0, 0.05) is 16.5 Å². The molecule has 0 aliphatic carbocycles. The summed E-state index contributed by atoms with van der Waals surface area (Å²) in [4.78, 5) is 4.61. The molecule has 122 valence electrons. The lowest BCUT2D eigenvalue weighted by molar-refractivity contribution is 1.04. The number of aromatic nitrogens is 3. The molecule has 5 heteroatoms. The molecule has 2 aromatic heterocycles. The summed E-state index contributed by atoms with van der Waals surface area (Å²) in [6.07, 6.45) is 0. The highest BCUT2D eigenvalue weighted by Gasteiger charge is 2.06. The average Bonchev–Trinajstić information content (AvgIpc) is 3.12. The summed E-state index contributed by atoms with van der Waals surface area (Å²) >= 11 is 1.55. The van der Waals surface area contributed by atoms with E-state index in [0.29, 0.717) is 5.82 Å². The molecule has 0 bridgehead atoms. The zero-order valence-corrected chi connectivity index (χ0v) is 14.5. The second-order valence-corrected chi connectivity index (χ2v) is 6.56. The molecule has 0 spiro atoms. The lowest BCUT2D eigenvalue weighted by atomic mass is 10.1. The van der Waals surface area contributed by atoms with Crippen LogP contribution in [0.1, 0.15) is 5.56 Å². The highest BCUT2D eigenvalue weighted by atomic mass is 32.1. The van der Waals surface area contributed by atoms with E-state index in [1.165, 1.54) is 5.56 Å². The third kappa shape index (κ3) is 3.56. The molecule has 0 unspecified atom stereocenters. The first-order chi connectivity index (χ1) is 12.3. The highest BCUT2D eigenvalue weighted by Crippen LogP contribution is 2.26. The molecule has 0 atom stereocenters. The SMILES string of the molecule is Cc1ccc(-c2ccc(Nc3nc(-c4ccccc4)cs3)nn2)cc1. The maximum atomic E-state index is 4.61. The fourth-order valence-corrected chi connectivity index (χ4v) is 3.19. The van der Waals surface area contributed by atoms with Crippen molar-refractivity contribution in [2.75, 3.05) is 5.32 Å². The first-order valence-corrected chi connectivity index (χ1v) is 8.85. The van der Waals surface area contributed by atoms with Crippen LogP contribution in [0, 0.1) is 6.92 Å². The van der Waals surface area contributed by atoms with E-state index in [1.807, 2.05) is 35.7 Å². The van der Waals surface area contributed by atoms with Crippen molar-refractivity contribution in [3.05, 3.63) is 77.7 Å². The molecule has 0 saturated heterocycles. The van der Waals surface area contributed by atoms with Crippen molar-refractivity contribution < 1.29 is 0 Å². The summed E-state index contributed by atoms with van der Waals surface area (Å²) in [5.74, 6) is 0.685. The predicted octanol–water partition coefficient (Wildman–Crippen LogP) is 5.32. The second-order valence-electron chi connectivity index (χ2n) is 5.70. The Morgan fingerprint density at radius 2 is 1.52 bits per heavy atom. The van der Waals surface area contributed by atoms with Crippen molar-refractivity contribution in [1.29, 1.82) is 0 Å². The van der Waals surface area contributed by atoms with Gasteiger partial charge in [0.1, 0.15) is 0 Å². The second kappa shape index (κ2) is 6.83. The summed E-state index contributed by atoms with van der Waals surface area (Å²) in [5, 5.41) is 14.6. The molecule has 4 rings (SSSR count). The van der Waals surface area contributed by atoms with Crippen LogP contribution in [0.2, 0.25) is 0 Å². The van der Waals surface area contributed by atoms with Crippen molar-refractivity contribution in [2.24, 2.45) is 0 Å². The fraction of sp³-hybridized carbons (Fsp3) is 0.0500. The van der Waals surface area contributed by atoms with Gasteiger partial charge in [-0.05, 0) is 19.1 Å². The number of hydrogen-bond donors (Lipinski definition) is 1. The van der Waals surface area contributed by atoms with E-state index in [9.17, 15) is 0 Å². The van der Waals surface area contributed by atoms with Crippen molar-refractivity contribution in [3.8, 4) is 22.5 Å². The topological polar surface area (TPSA) is 50.7 Å². The molecule has 25 heavy (non-hydrogen) atoms. The third-order valence-electron chi connectivity index (χ3n) is 3.82. The number of nitrogens with one attached hydrogen (secondary N) is 1. The van der Waals surface area contributed by atoms with Gasteiger partial charge >= 0.3 is 0 Å². The third-order valence-corrected chi connectivity index (χ3v) is 4.58. The van der Waals surface area contributed by atoms with E-state index in [2.05, 4.69) is 63.8 Å². The minimum atomic E-state index is 0.685. The smallest absolute Gasteiger partial charge is 0.188 e. The molecule has 2 aromatic carbocycles. The minimum Gasteiger partial charge on any atom is -0.315 e. The lowest BCUT2D eigenvalue weighted by Gasteiger charge is -2.03. The van der Waals surface area contributed by atoms with Gasteiger partial charge in [0.2, 0.25) is 0 Å². The molecule has 0 fully saturated rings. The summed E-state index contributed by atoms with van der Waals surface area (Å²) in [5.41, 5.74) is 5.21. The number of rotatable bonds is 4. The van der Waals surface area contributed by atoms with Crippen LogP contribution in [0.25, 0.3) is 22.5 Å². The van der Waals surface area contributed by atoms with Crippen LogP contribution < -0.4 is 5.32 Å². The summed E-state index contributed by atoms with van der Waals surface area (Å²) in [6, 6.07) is 22.3. The van der Waals surface area contributed by atoms with Crippen molar-refractivity contribution in [3.63, 3.8) is 0 Å². The standard InChI is InChI=1S/C20H16N4S/c1-14-7-9-16(10-8-14)17-11-12-19(24-23-17)22-20-21-18(13-25-20)15-5-3-2-4-6-15/h2-13H,1H3,(H,21,22,24). The van der Waals surface area contributed by atoms with Crippen LogP contribution >= 0.6 is 11.3 Å². The van der Waals surface area contributed by atoms with Crippen LogP contribution in [-0.4, -0.2) is 15.2 Å². The average molecular weight is 344 g/mol. The predicted molar refractivity (Wildman–Crippen MR) is 103 cm³/mol. The van der Waals surface area contributed by atoms with E-state index in [4.69, 9.17) is 0 Å². The number of anilines is 2. The zero-order valence-electron chi connectivity index (χ0n) is 13.7. The number of nitrogens with zero attached hydrogens (tertiary/aromatic N) is 3. The van der Waals surface area contributed by atoms with Gasteiger partial charge in [0.25, 0.3) is 0 Å². The van der Waals surface area contributed by atoms with Crippen LogP contribution in [0.4, 0.5) is 10.9 Å². The Hall–Kier alpha value is -3.05. The number of aryl methyl sites for hydroxylation is 1. The van der Waals surface area contributed by atoms with E-state index >= 15 is 0 Å². The molecule has 0 radical (unpaired) electrons. The Morgan fingerprint density at radius 3 is 2.24 bits per heavy atom. The molecule has 0 amide bonds. The van der Waals surface area contributed by atoms with Gasteiger partial charge in [-0.3, -0.25) is 0 Å². The van der Waals surface area contributed by atoms with Crippen molar-refractivity contribution >= 4 is 22.3 Å². The van der Waals surface area contributed by atoms with Gasteiger partial charge in [0.15, 0.2) is 10.9 Å². The Balaban J connectivity index is 1.50. The Morgan fingerprint density at radius 1 is 0.760 bits per heavy atom. The lowest BCUT2D eigenvalue weighted by Crippen LogP contribution is -1.96. The van der Waals surface area contributed by atoms with Crippen molar-refractivity contribution in [2.45, 2.75) is 6.92 Å². The zero-order chi connectivity index (χ0) is 17.1. The van der Waals surface area contributed by atoms with Gasteiger partial charge in [-0.2, -0.15) is 0 Å². The maximum Gasteiger partial charge on any atom is 0.188 e. The number of hydrogen-bond acceptors (Lipinski definition) is 5. The molecule has 1 N–H and O–H groups in total.